The van der Waals surface area contributed by atoms with Crippen molar-refractivity contribution in [1.29, 1.82) is 0 Å². The van der Waals surface area contributed by atoms with Crippen LogP contribution in [0, 0.1) is 0 Å². The van der Waals surface area contributed by atoms with Crippen LogP contribution in [0.1, 0.15) is 5.56 Å². The molecule has 0 saturated heterocycles. The molecule has 30 heavy (non-hydrogen) atoms. The normalized spacial score (nSPS) is 13.1. The molecule has 2 heterocycles. The van der Waals surface area contributed by atoms with Gasteiger partial charge in [-0.3, -0.25) is 14.6 Å². The second kappa shape index (κ2) is 8.14. The summed E-state index contributed by atoms with van der Waals surface area (Å²) in [4.78, 5) is 18.2. The number of carbonyl (C=O) groups excluding carboxylic acids is 1. The molecule has 2 amide bonds. The van der Waals surface area contributed by atoms with Crippen LogP contribution >= 0.6 is 23.2 Å². The number of nitrogens with zero attached hydrogens (tertiary/aromatic N) is 2. The summed E-state index contributed by atoms with van der Waals surface area (Å²) in [5.41, 5.74) is 2.35. The standard InChI is InChI=1S/C20H16Cl2N4O3S/c21-13-9-14(22)11-16(10-13)30(28,29)25-18-4-1-5-19-17(18)6-8-26(19)20(27)24-15-3-2-7-23-12-15/h1-5,7,9-12,25H,6,8H2,(H,24,27). The molecule has 3 aromatic rings. The van der Waals surface area contributed by atoms with E-state index in [2.05, 4.69) is 15.0 Å². The molecule has 2 aromatic carbocycles. The van der Waals surface area contributed by atoms with Crippen molar-refractivity contribution in [3.05, 3.63) is 76.5 Å². The molecule has 1 aromatic heterocycles. The number of halogens is 2. The molecule has 1 aliphatic heterocycles. The average molecular weight is 463 g/mol. The number of hydrogen-bond donors (Lipinski definition) is 2. The second-order valence-corrected chi connectivity index (χ2v) is 9.14. The number of nitrogens with one attached hydrogen (secondary N) is 2. The van der Waals surface area contributed by atoms with Crippen LogP contribution < -0.4 is 14.9 Å². The summed E-state index contributed by atoms with van der Waals surface area (Å²) in [7, 11) is -3.91. The Balaban J connectivity index is 1.60. The molecule has 0 saturated carbocycles. The van der Waals surface area contributed by atoms with E-state index in [0.29, 0.717) is 30.0 Å². The van der Waals surface area contributed by atoms with Crippen molar-refractivity contribution in [1.82, 2.24) is 4.98 Å². The van der Waals surface area contributed by atoms with E-state index in [9.17, 15) is 13.2 Å². The Morgan fingerprint density at radius 3 is 2.53 bits per heavy atom. The van der Waals surface area contributed by atoms with Crippen molar-refractivity contribution < 1.29 is 13.2 Å². The molecule has 4 rings (SSSR count). The van der Waals surface area contributed by atoms with Gasteiger partial charge in [-0.25, -0.2) is 13.2 Å². The van der Waals surface area contributed by atoms with Crippen molar-refractivity contribution in [2.24, 2.45) is 0 Å². The van der Waals surface area contributed by atoms with Gasteiger partial charge in [-0.15, -0.1) is 0 Å². The largest absolute Gasteiger partial charge is 0.326 e. The number of fused-ring (bicyclic) bond motifs is 1. The first-order valence-electron chi connectivity index (χ1n) is 8.93. The van der Waals surface area contributed by atoms with Crippen LogP contribution in [0.2, 0.25) is 10.0 Å². The minimum atomic E-state index is -3.91. The zero-order valence-corrected chi connectivity index (χ0v) is 17.8. The second-order valence-electron chi connectivity index (χ2n) is 6.59. The van der Waals surface area contributed by atoms with Gasteiger partial charge in [0.1, 0.15) is 0 Å². The van der Waals surface area contributed by atoms with E-state index < -0.39 is 10.0 Å². The smallest absolute Gasteiger partial charge is 0.306 e. The number of hydrogen-bond acceptors (Lipinski definition) is 4. The number of amides is 2. The SMILES string of the molecule is O=C(Nc1cccnc1)N1CCc2c(NS(=O)(=O)c3cc(Cl)cc(Cl)c3)cccc21. The molecule has 2 N–H and O–H groups in total. The predicted molar refractivity (Wildman–Crippen MR) is 118 cm³/mol. The maximum Gasteiger partial charge on any atom is 0.326 e. The highest BCUT2D eigenvalue weighted by Crippen LogP contribution is 2.35. The molecule has 0 bridgehead atoms. The van der Waals surface area contributed by atoms with Gasteiger partial charge in [0, 0.05) is 28.4 Å². The molecule has 0 spiro atoms. The van der Waals surface area contributed by atoms with Crippen LogP contribution in [0.15, 0.2) is 65.8 Å². The van der Waals surface area contributed by atoms with Crippen LogP contribution in [0.25, 0.3) is 0 Å². The Labute approximate surface area is 183 Å². The summed E-state index contributed by atoms with van der Waals surface area (Å²) >= 11 is 11.9. The lowest BCUT2D eigenvalue weighted by molar-refractivity contribution is 0.257. The van der Waals surface area contributed by atoms with E-state index in [1.807, 2.05) is 0 Å². The van der Waals surface area contributed by atoms with Gasteiger partial charge < -0.3 is 5.32 Å². The Morgan fingerprint density at radius 1 is 1.07 bits per heavy atom. The van der Waals surface area contributed by atoms with Crippen molar-refractivity contribution in [3.8, 4) is 0 Å². The van der Waals surface area contributed by atoms with Crippen LogP contribution in [0.5, 0.6) is 0 Å². The average Bonchev–Trinajstić information content (AvgIpc) is 3.13. The third kappa shape index (κ3) is 4.21. The fourth-order valence-corrected chi connectivity index (χ4v) is 5.07. The fourth-order valence-electron chi connectivity index (χ4n) is 3.26. The molecule has 0 unspecified atom stereocenters. The van der Waals surface area contributed by atoms with Crippen molar-refractivity contribution in [2.75, 3.05) is 21.5 Å². The van der Waals surface area contributed by atoms with Crippen LogP contribution in [-0.4, -0.2) is 26.0 Å². The molecular weight excluding hydrogens is 447 g/mol. The molecule has 0 fully saturated rings. The van der Waals surface area contributed by atoms with Gasteiger partial charge in [-0.05, 0) is 48.9 Å². The quantitative estimate of drug-likeness (QED) is 0.583. The summed E-state index contributed by atoms with van der Waals surface area (Å²) < 4.78 is 28.3. The lowest BCUT2D eigenvalue weighted by Crippen LogP contribution is -2.33. The highest BCUT2D eigenvalue weighted by atomic mass is 35.5. The zero-order valence-electron chi connectivity index (χ0n) is 15.5. The first-order chi connectivity index (χ1) is 14.3. The number of urea groups is 1. The number of pyridine rings is 1. The van der Waals surface area contributed by atoms with Gasteiger partial charge in [0.2, 0.25) is 0 Å². The molecule has 0 radical (unpaired) electrons. The summed E-state index contributed by atoms with van der Waals surface area (Å²) in [5, 5.41) is 3.23. The molecule has 10 heteroatoms. The van der Waals surface area contributed by atoms with E-state index in [4.69, 9.17) is 23.2 Å². The maximum absolute atomic E-state index is 12.8. The molecule has 0 atom stereocenters. The lowest BCUT2D eigenvalue weighted by atomic mass is 10.1. The van der Waals surface area contributed by atoms with Gasteiger partial charge >= 0.3 is 6.03 Å². The molecular formula is C20H16Cl2N4O3S. The monoisotopic (exact) mass is 462 g/mol. The number of rotatable bonds is 4. The lowest BCUT2D eigenvalue weighted by Gasteiger charge is -2.19. The first kappa shape index (κ1) is 20.5. The highest BCUT2D eigenvalue weighted by molar-refractivity contribution is 7.92. The predicted octanol–water partition coefficient (Wildman–Crippen LogP) is 4.78. The number of aromatic nitrogens is 1. The molecule has 7 nitrogen and oxygen atoms in total. The molecule has 0 aliphatic carbocycles. The van der Waals surface area contributed by atoms with Gasteiger partial charge in [0.25, 0.3) is 10.0 Å². The zero-order chi connectivity index (χ0) is 21.3. The Hall–Kier alpha value is -2.81. The minimum Gasteiger partial charge on any atom is -0.306 e. The van der Waals surface area contributed by atoms with Crippen LogP contribution in [0.4, 0.5) is 21.9 Å². The van der Waals surface area contributed by atoms with Crippen molar-refractivity contribution in [3.63, 3.8) is 0 Å². The topological polar surface area (TPSA) is 91.4 Å². The fraction of sp³-hybridized carbons (Fsp3) is 0.100. The third-order valence-electron chi connectivity index (χ3n) is 4.58. The first-order valence-corrected chi connectivity index (χ1v) is 11.2. The summed E-state index contributed by atoms with van der Waals surface area (Å²) in [6.45, 7) is 0.420. The van der Waals surface area contributed by atoms with E-state index in [0.717, 1.165) is 5.56 Å². The van der Waals surface area contributed by atoms with Crippen molar-refractivity contribution >= 4 is 56.3 Å². The maximum atomic E-state index is 12.8. The van der Waals surface area contributed by atoms with E-state index in [-0.39, 0.29) is 21.0 Å². The summed E-state index contributed by atoms with van der Waals surface area (Å²) in [6.07, 6.45) is 3.67. The van der Waals surface area contributed by atoms with Crippen LogP contribution in [-0.2, 0) is 16.4 Å². The van der Waals surface area contributed by atoms with Gasteiger partial charge in [-0.1, -0.05) is 29.3 Å². The number of benzene rings is 2. The van der Waals surface area contributed by atoms with Crippen molar-refractivity contribution in [2.45, 2.75) is 11.3 Å². The summed E-state index contributed by atoms with van der Waals surface area (Å²) in [5.74, 6) is 0. The number of sulfonamides is 1. The highest BCUT2D eigenvalue weighted by Gasteiger charge is 2.28. The van der Waals surface area contributed by atoms with Gasteiger partial charge in [-0.2, -0.15) is 0 Å². The Kier molecular flexibility index (Phi) is 5.55. The van der Waals surface area contributed by atoms with Gasteiger partial charge in [0.15, 0.2) is 0 Å². The Morgan fingerprint density at radius 2 is 1.83 bits per heavy atom. The Bertz CT molecular complexity index is 1200. The number of anilines is 3. The third-order valence-corrected chi connectivity index (χ3v) is 6.36. The van der Waals surface area contributed by atoms with Crippen LogP contribution in [0.3, 0.4) is 0 Å². The minimum absolute atomic E-state index is 0.0400. The van der Waals surface area contributed by atoms with Gasteiger partial charge in [0.05, 0.1) is 28.2 Å². The molecule has 1 aliphatic rings. The number of carbonyl (C=O) groups is 1. The van der Waals surface area contributed by atoms with E-state index >= 15 is 0 Å². The summed E-state index contributed by atoms with van der Waals surface area (Å²) in [6, 6.07) is 12.4. The molecule has 154 valence electrons. The van der Waals surface area contributed by atoms with E-state index in [1.54, 1.807) is 47.6 Å². The van der Waals surface area contributed by atoms with E-state index in [1.165, 1.54) is 18.2 Å².